The zero-order chi connectivity index (χ0) is 26.1. The second-order valence-electron chi connectivity index (χ2n) is 9.75. The number of methoxy groups -OCH3 is 2. The van der Waals surface area contributed by atoms with E-state index in [0.29, 0.717) is 61.6 Å². The molecule has 0 saturated heterocycles. The van der Waals surface area contributed by atoms with Crippen molar-refractivity contribution in [1.29, 1.82) is 0 Å². The number of nitrogens with zero attached hydrogens (tertiary/aromatic N) is 4. The highest BCUT2D eigenvalue weighted by atomic mass is 16.5. The molecule has 198 valence electrons. The number of carbonyl (C=O) groups is 1. The largest absolute Gasteiger partial charge is 0.487 e. The van der Waals surface area contributed by atoms with Gasteiger partial charge < -0.3 is 24.3 Å². The number of Topliss-reactive ketones (excluding diaryl/α,β-unsaturated/α-hetero) is 1. The molecule has 2 heterocycles. The Hall–Kier alpha value is -2.98. The van der Waals surface area contributed by atoms with E-state index in [2.05, 4.69) is 15.5 Å². The Balaban J connectivity index is 1.80. The lowest BCUT2D eigenvalue weighted by Crippen LogP contribution is -2.19. The maximum absolute atomic E-state index is 12.1. The van der Waals surface area contributed by atoms with Gasteiger partial charge in [0, 0.05) is 44.7 Å². The van der Waals surface area contributed by atoms with Crippen LogP contribution in [0, 0.1) is 12.3 Å². The monoisotopic (exact) mass is 501 g/mol. The molecule has 3 aromatic rings. The molecule has 0 bridgehead atoms. The average Bonchev–Trinajstić information content (AvgIpc) is 3.23. The first-order valence-electron chi connectivity index (χ1n) is 12.5. The van der Waals surface area contributed by atoms with Crippen LogP contribution in [0.5, 0.6) is 11.5 Å². The number of hydrogen-bond donors (Lipinski definition) is 1. The van der Waals surface area contributed by atoms with Crippen molar-refractivity contribution in [2.75, 3.05) is 52.5 Å². The number of ketones is 1. The molecule has 0 amide bonds. The number of fused-ring (bicyclic) bond motifs is 3. The van der Waals surface area contributed by atoms with Gasteiger partial charge in [-0.2, -0.15) is 0 Å². The summed E-state index contributed by atoms with van der Waals surface area (Å²) in [6, 6.07) is 3.77. The summed E-state index contributed by atoms with van der Waals surface area (Å²) in [4.78, 5) is 17.0. The van der Waals surface area contributed by atoms with Crippen LogP contribution in [0.15, 0.2) is 12.1 Å². The van der Waals surface area contributed by atoms with Gasteiger partial charge in [-0.1, -0.05) is 27.2 Å². The highest BCUT2D eigenvalue weighted by molar-refractivity contribution is 5.86. The lowest BCUT2D eigenvalue weighted by molar-refractivity contribution is -0.126. The predicted molar refractivity (Wildman–Crippen MR) is 139 cm³/mol. The van der Waals surface area contributed by atoms with Crippen LogP contribution in [-0.2, 0) is 14.3 Å². The number of anilines is 1. The van der Waals surface area contributed by atoms with Gasteiger partial charge in [-0.3, -0.25) is 9.20 Å². The minimum absolute atomic E-state index is 0.273. The van der Waals surface area contributed by atoms with Crippen molar-refractivity contribution in [3.63, 3.8) is 0 Å². The van der Waals surface area contributed by atoms with Crippen LogP contribution in [0.3, 0.4) is 0 Å². The fourth-order valence-corrected chi connectivity index (χ4v) is 3.76. The van der Waals surface area contributed by atoms with Crippen molar-refractivity contribution in [3.8, 4) is 11.5 Å². The molecule has 36 heavy (non-hydrogen) atoms. The minimum atomic E-state index is -0.273. The van der Waals surface area contributed by atoms with Crippen molar-refractivity contribution in [2.24, 2.45) is 5.41 Å². The number of nitrogens with one attached hydrogen (secondary N) is 1. The van der Waals surface area contributed by atoms with Gasteiger partial charge in [-0.25, -0.2) is 4.98 Å². The van der Waals surface area contributed by atoms with Crippen molar-refractivity contribution >= 4 is 28.3 Å². The molecule has 0 radical (unpaired) electrons. The molecule has 10 heteroatoms. The van der Waals surface area contributed by atoms with Crippen LogP contribution < -0.4 is 14.8 Å². The summed E-state index contributed by atoms with van der Waals surface area (Å²) in [6.07, 6.45) is 3.39. The SMILES string of the molecule is COCCOc1cc2nc(NCCCCCC(=O)C(C)(C)C)c3nnc(C)n3c2cc1OCCOC. The first-order valence-corrected chi connectivity index (χ1v) is 12.5. The fraction of sp³-hybridized carbons (Fsp3) is 0.615. The van der Waals surface area contributed by atoms with Crippen molar-refractivity contribution < 1.29 is 23.7 Å². The number of carbonyl (C=O) groups excluding carboxylic acids is 1. The molecule has 0 saturated carbocycles. The lowest BCUT2D eigenvalue weighted by Gasteiger charge is -2.16. The topological polar surface area (TPSA) is 109 Å². The molecule has 1 N–H and O–H groups in total. The first kappa shape index (κ1) is 27.6. The summed E-state index contributed by atoms with van der Waals surface area (Å²) in [5.74, 6) is 2.89. The van der Waals surface area contributed by atoms with Gasteiger partial charge in [0.1, 0.15) is 24.8 Å². The van der Waals surface area contributed by atoms with Crippen LogP contribution in [0.25, 0.3) is 16.7 Å². The Kier molecular flexibility index (Phi) is 9.83. The van der Waals surface area contributed by atoms with Crippen molar-refractivity contribution in [2.45, 2.75) is 53.4 Å². The van der Waals surface area contributed by atoms with E-state index in [9.17, 15) is 4.79 Å². The van der Waals surface area contributed by atoms with Crippen LogP contribution >= 0.6 is 0 Å². The second kappa shape index (κ2) is 12.8. The highest BCUT2D eigenvalue weighted by Crippen LogP contribution is 2.34. The molecular formula is C26H39N5O5. The van der Waals surface area contributed by atoms with Gasteiger partial charge >= 0.3 is 0 Å². The van der Waals surface area contributed by atoms with E-state index in [4.69, 9.17) is 23.9 Å². The summed E-state index contributed by atoms with van der Waals surface area (Å²) in [7, 11) is 3.26. The summed E-state index contributed by atoms with van der Waals surface area (Å²) in [5, 5.41) is 12.0. The Bertz CT molecular complexity index is 1160. The van der Waals surface area contributed by atoms with Crippen LogP contribution in [-0.4, -0.2) is 72.6 Å². The van der Waals surface area contributed by atoms with E-state index < -0.39 is 0 Å². The van der Waals surface area contributed by atoms with Crippen LogP contribution in [0.2, 0.25) is 0 Å². The molecule has 0 aliphatic carbocycles. The molecule has 1 aromatic carbocycles. The number of hydrogen-bond acceptors (Lipinski definition) is 9. The normalized spacial score (nSPS) is 11.8. The van der Waals surface area contributed by atoms with E-state index in [1.54, 1.807) is 14.2 Å². The van der Waals surface area contributed by atoms with Gasteiger partial charge in [0.25, 0.3) is 0 Å². The fourth-order valence-electron chi connectivity index (χ4n) is 3.76. The summed E-state index contributed by atoms with van der Waals surface area (Å²) in [6.45, 7) is 10.2. The Morgan fingerprint density at radius 1 is 0.944 bits per heavy atom. The number of aromatic nitrogens is 4. The third kappa shape index (κ3) is 7.04. The Morgan fingerprint density at radius 2 is 1.61 bits per heavy atom. The number of aryl methyl sites for hydroxylation is 1. The van der Waals surface area contributed by atoms with E-state index in [1.165, 1.54) is 0 Å². The standard InChI is InChI=1S/C26H39N5O5/c1-18-29-30-25-24(27-11-9-7-8-10-23(32)26(2,3)4)28-19-16-21(35-14-12-33-5)22(36-15-13-34-6)17-20(19)31(18)25/h16-17H,7-15H2,1-6H3,(H,27,28). The Labute approximate surface area is 212 Å². The van der Waals surface area contributed by atoms with Crippen LogP contribution in [0.1, 0.15) is 52.3 Å². The molecular weight excluding hydrogens is 462 g/mol. The smallest absolute Gasteiger partial charge is 0.204 e. The van der Waals surface area contributed by atoms with Crippen LogP contribution in [0.4, 0.5) is 5.82 Å². The molecule has 2 aromatic heterocycles. The molecule has 10 nitrogen and oxygen atoms in total. The van der Waals surface area contributed by atoms with E-state index >= 15 is 0 Å². The molecule has 0 atom stereocenters. The van der Waals surface area contributed by atoms with Gasteiger partial charge in [0.05, 0.1) is 24.2 Å². The first-order chi connectivity index (χ1) is 17.3. The third-order valence-corrected chi connectivity index (χ3v) is 5.85. The van der Waals surface area contributed by atoms with E-state index in [0.717, 1.165) is 42.7 Å². The molecule has 0 aliphatic heterocycles. The number of rotatable bonds is 15. The van der Waals surface area contributed by atoms with Gasteiger partial charge in [0.2, 0.25) is 5.65 Å². The van der Waals surface area contributed by atoms with E-state index in [-0.39, 0.29) is 5.41 Å². The number of ether oxygens (including phenoxy) is 4. The third-order valence-electron chi connectivity index (χ3n) is 5.85. The zero-order valence-corrected chi connectivity index (χ0v) is 22.3. The quantitative estimate of drug-likeness (QED) is 0.306. The molecule has 0 unspecified atom stereocenters. The number of benzene rings is 1. The van der Waals surface area contributed by atoms with Crippen molar-refractivity contribution in [3.05, 3.63) is 18.0 Å². The second-order valence-corrected chi connectivity index (χ2v) is 9.75. The van der Waals surface area contributed by atoms with Gasteiger partial charge in [0.15, 0.2) is 17.3 Å². The predicted octanol–water partition coefficient (Wildman–Crippen LogP) is 4.22. The van der Waals surface area contributed by atoms with Gasteiger partial charge in [-0.15, -0.1) is 10.2 Å². The van der Waals surface area contributed by atoms with E-state index in [1.807, 2.05) is 44.2 Å². The molecule has 0 spiro atoms. The minimum Gasteiger partial charge on any atom is -0.487 e. The van der Waals surface area contributed by atoms with Gasteiger partial charge in [-0.05, 0) is 19.8 Å². The zero-order valence-electron chi connectivity index (χ0n) is 22.3. The lowest BCUT2D eigenvalue weighted by atomic mass is 9.88. The number of unbranched alkanes of at least 4 members (excludes halogenated alkanes) is 2. The average molecular weight is 502 g/mol. The summed E-state index contributed by atoms with van der Waals surface area (Å²) >= 11 is 0. The maximum atomic E-state index is 12.1. The van der Waals surface area contributed by atoms with Crippen molar-refractivity contribution in [1.82, 2.24) is 19.6 Å². The summed E-state index contributed by atoms with van der Waals surface area (Å²) in [5.41, 5.74) is 1.94. The molecule has 0 aliphatic rings. The maximum Gasteiger partial charge on any atom is 0.204 e. The summed E-state index contributed by atoms with van der Waals surface area (Å²) < 4.78 is 24.1. The Morgan fingerprint density at radius 3 is 2.25 bits per heavy atom. The highest BCUT2D eigenvalue weighted by Gasteiger charge is 2.20. The molecule has 0 fully saturated rings. The molecule has 3 rings (SSSR count).